The lowest BCUT2D eigenvalue weighted by Crippen LogP contribution is -2.09. The molecule has 0 aliphatic heterocycles. The number of carbonyl (C=O) groups is 1. The second kappa shape index (κ2) is 5.26. The summed E-state index contributed by atoms with van der Waals surface area (Å²) in [4.78, 5) is 11.0. The van der Waals surface area contributed by atoms with Gasteiger partial charge in [-0.05, 0) is 23.6 Å². The Morgan fingerprint density at radius 1 is 1.60 bits per heavy atom. The van der Waals surface area contributed by atoms with Crippen LogP contribution in [0.1, 0.15) is 24.2 Å². The number of benzene rings is 1. The van der Waals surface area contributed by atoms with Crippen molar-refractivity contribution in [1.29, 1.82) is 0 Å². The van der Waals surface area contributed by atoms with Gasteiger partial charge >= 0.3 is 5.97 Å². The van der Waals surface area contributed by atoms with Gasteiger partial charge in [-0.2, -0.15) is 0 Å². The molecule has 1 rings (SSSR count). The maximum absolute atomic E-state index is 13.4. The Hall–Kier alpha value is -0.900. The van der Waals surface area contributed by atoms with Crippen LogP contribution >= 0.6 is 15.9 Å². The summed E-state index contributed by atoms with van der Waals surface area (Å²) >= 11 is 3.33. The van der Waals surface area contributed by atoms with Crippen molar-refractivity contribution in [2.75, 3.05) is 7.11 Å². The lowest BCUT2D eigenvalue weighted by Gasteiger charge is -2.08. The van der Waals surface area contributed by atoms with E-state index in [-0.39, 0.29) is 0 Å². The van der Waals surface area contributed by atoms with Gasteiger partial charge in [0, 0.05) is 4.47 Å². The number of carbonyl (C=O) groups excluding carboxylic acids is 1. The predicted molar refractivity (Wildman–Crippen MR) is 59.4 cm³/mol. The van der Waals surface area contributed by atoms with Crippen LogP contribution in [0.4, 0.5) is 4.39 Å². The Balaban J connectivity index is 2.97. The average Bonchev–Trinajstić information content (AvgIpc) is 2.26. The third kappa shape index (κ3) is 2.78. The lowest BCUT2D eigenvalue weighted by molar-refractivity contribution is -0.146. The fraction of sp³-hybridized carbons (Fsp3) is 0.364. The molecule has 0 saturated heterocycles. The number of methoxy groups -OCH3 is 1. The topological polar surface area (TPSA) is 26.3 Å². The number of halogens is 2. The summed E-state index contributed by atoms with van der Waals surface area (Å²) in [6.45, 7) is 2.01. The second-order valence-electron chi connectivity index (χ2n) is 3.09. The van der Waals surface area contributed by atoms with Crippen molar-refractivity contribution in [3.8, 4) is 0 Å². The Labute approximate surface area is 96.6 Å². The van der Waals surface area contributed by atoms with Gasteiger partial charge in [0.25, 0.3) is 0 Å². The summed E-state index contributed by atoms with van der Waals surface area (Å²) in [6.07, 6.45) is -0.854. The van der Waals surface area contributed by atoms with Gasteiger partial charge in [-0.1, -0.05) is 35.0 Å². The number of ether oxygens (including phenoxy) is 1. The molecule has 1 aromatic rings. The molecule has 0 aliphatic rings. The van der Waals surface area contributed by atoms with Crippen molar-refractivity contribution in [2.24, 2.45) is 0 Å². The number of hydrogen-bond donors (Lipinski definition) is 0. The Bertz CT molecular complexity index is 366. The van der Waals surface area contributed by atoms with Crippen LogP contribution in [-0.2, 0) is 16.0 Å². The molecule has 1 unspecified atom stereocenters. The van der Waals surface area contributed by atoms with Crippen molar-refractivity contribution in [3.63, 3.8) is 0 Å². The van der Waals surface area contributed by atoms with Crippen molar-refractivity contribution in [1.82, 2.24) is 0 Å². The molecule has 0 heterocycles. The van der Waals surface area contributed by atoms with Gasteiger partial charge in [0.05, 0.1) is 7.11 Å². The van der Waals surface area contributed by atoms with E-state index in [1.54, 1.807) is 18.2 Å². The summed E-state index contributed by atoms with van der Waals surface area (Å²) in [5.41, 5.74) is 1.39. The first kappa shape index (κ1) is 12.2. The molecule has 0 fully saturated rings. The van der Waals surface area contributed by atoms with Gasteiger partial charge in [-0.3, -0.25) is 0 Å². The lowest BCUT2D eigenvalue weighted by atomic mass is 10.1. The van der Waals surface area contributed by atoms with E-state index in [0.717, 1.165) is 16.5 Å². The van der Waals surface area contributed by atoms with Crippen molar-refractivity contribution < 1.29 is 13.9 Å². The Kier molecular flexibility index (Phi) is 4.27. The molecular formula is C11H12BrFO2. The smallest absolute Gasteiger partial charge is 0.345 e. The highest BCUT2D eigenvalue weighted by molar-refractivity contribution is 9.10. The van der Waals surface area contributed by atoms with Gasteiger partial charge in [-0.15, -0.1) is 0 Å². The van der Waals surface area contributed by atoms with Gasteiger partial charge in [0.1, 0.15) is 0 Å². The van der Waals surface area contributed by atoms with Crippen LogP contribution in [0, 0.1) is 0 Å². The van der Waals surface area contributed by atoms with Gasteiger partial charge in [0.15, 0.2) is 0 Å². The number of aryl methyl sites for hydroxylation is 1. The molecule has 1 aromatic carbocycles. The van der Waals surface area contributed by atoms with E-state index in [4.69, 9.17) is 0 Å². The second-order valence-corrected chi connectivity index (χ2v) is 3.94. The van der Waals surface area contributed by atoms with Gasteiger partial charge in [0.2, 0.25) is 6.17 Å². The van der Waals surface area contributed by atoms with Crippen LogP contribution in [0.2, 0.25) is 0 Å². The highest BCUT2D eigenvalue weighted by Crippen LogP contribution is 2.25. The van der Waals surface area contributed by atoms with Gasteiger partial charge in [-0.25, -0.2) is 9.18 Å². The highest BCUT2D eigenvalue weighted by atomic mass is 79.9. The molecule has 2 nitrogen and oxygen atoms in total. The van der Waals surface area contributed by atoms with Gasteiger partial charge < -0.3 is 4.74 Å². The monoisotopic (exact) mass is 274 g/mol. The van der Waals surface area contributed by atoms with E-state index in [1.807, 2.05) is 6.92 Å². The molecule has 4 heteroatoms. The van der Waals surface area contributed by atoms with Crippen LogP contribution in [0.5, 0.6) is 0 Å². The third-order valence-corrected chi connectivity index (χ3v) is 2.90. The van der Waals surface area contributed by atoms with E-state index in [0.29, 0.717) is 5.56 Å². The van der Waals surface area contributed by atoms with Crippen LogP contribution in [-0.4, -0.2) is 13.1 Å². The summed E-state index contributed by atoms with van der Waals surface area (Å²) in [6, 6.07) is 5.01. The molecule has 82 valence electrons. The summed E-state index contributed by atoms with van der Waals surface area (Å²) < 4.78 is 18.6. The standard InChI is InChI=1S/C11H12BrFO2/c1-3-7-4-5-8(6-9(7)12)10(13)11(14)15-2/h4-6,10H,3H2,1-2H3. The Morgan fingerprint density at radius 2 is 2.27 bits per heavy atom. The molecule has 15 heavy (non-hydrogen) atoms. The van der Waals surface area contributed by atoms with E-state index in [9.17, 15) is 9.18 Å². The molecule has 0 aromatic heterocycles. The van der Waals surface area contributed by atoms with E-state index in [2.05, 4.69) is 20.7 Å². The van der Waals surface area contributed by atoms with Crippen molar-refractivity contribution >= 4 is 21.9 Å². The summed E-state index contributed by atoms with van der Waals surface area (Å²) in [5, 5.41) is 0. The van der Waals surface area contributed by atoms with Crippen LogP contribution in [0.3, 0.4) is 0 Å². The maximum atomic E-state index is 13.4. The average molecular weight is 275 g/mol. The fourth-order valence-electron chi connectivity index (χ4n) is 1.25. The first-order chi connectivity index (χ1) is 7.10. The largest absolute Gasteiger partial charge is 0.467 e. The van der Waals surface area contributed by atoms with E-state index >= 15 is 0 Å². The summed E-state index contributed by atoms with van der Waals surface area (Å²) in [5.74, 6) is -0.869. The third-order valence-electron chi connectivity index (χ3n) is 2.16. The molecule has 0 aliphatic carbocycles. The maximum Gasteiger partial charge on any atom is 0.345 e. The Morgan fingerprint density at radius 3 is 2.73 bits per heavy atom. The zero-order chi connectivity index (χ0) is 11.4. The molecule has 0 saturated carbocycles. The minimum atomic E-state index is -1.71. The fourth-order valence-corrected chi connectivity index (χ4v) is 1.92. The molecule has 0 spiro atoms. The first-order valence-electron chi connectivity index (χ1n) is 4.60. The molecule has 0 radical (unpaired) electrons. The molecule has 0 bridgehead atoms. The number of esters is 1. The highest BCUT2D eigenvalue weighted by Gasteiger charge is 2.20. The minimum Gasteiger partial charge on any atom is -0.467 e. The zero-order valence-electron chi connectivity index (χ0n) is 8.59. The minimum absolute atomic E-state index is 0.311. The molecular weight excluding hydrogens is 263 g/mol. The predicted octanol–water partition coefficient (Wildman–Crippen LogP) is 3.20. The number of hydrogen-bond acceptors (Lipinski definition) is 2. The zero-order valence-corrected chi connectivity index (χ0v) is 10.2. The quantitative estimate of drug-likeness (QED) is 0.792. The molecule has 1 atom stereocenters. The van der Waals surface area contributed by atoms with Crippen molar-refractivity contribution in [3.05, 3.63) is 33.8 Å². The number of rotatable bonds is 3. The van der Waals surface area contributed by atoms with Crippen LogP contribution in [0.25, 0.3) is 0 Å². The normalized spacial score (nSPS) is 12.3. The van der Waals surface area contributed by atoms with Crippen molar-refractivity contribution in [2.45, 2.75) is 19.5 Å². The summed E-state index contributed by atoms with van der Waals surface area (Å²) in [7, 11) is 1.17. The van der Waals surface area contributed by atoms with Crippen LogP contribution in [0.15, 0.2) is 22.7 Å². The van der Waals surface area contributed by atoms with E-state index in [1.165, 1.54) is 7.11 Å². The molecule has 0 N–H and O–H groups in total. The van der Waals surface area contributed by atoms with E-state index < -0.39 is 12.1 Å². The van der Waals surface area contributed by atoms with Crippen LogP contribution < -0.4 is 0 Å². The SMILES string of the molecule is CCc1ccc(C(F)C(=O)OC)cc1Br. The number of alkyl halides is 1. The molecule has 0 amide bonds. The first-order valence-corrected chi connectivity index (χ1v) is 5.39.